The lowest BCUT2D eigenvalue weighted by molar-refractivity contribution is -0.117. The zero-order chi connectivity index (χ0) is 18.0. The van der Waals surface area contributed by atoms with Crippen molar-refractivity contribution in [3.05, 3.63) is 65.5 Å². The Morgan fingerprint density at radius 2 is 1.76 bits per heavy atom. The molecule has 2 aromatic rings. The fraction of sp³-hybridized carbons (Fsp3) is 0.176. The summed E-state index contributed by atoms with van der Waals surface area (Å²) in [5.74, 6) is -0.711. The fourth-order valence-corrected chi connectivity index (χ4v) is 3.06. The van der Waals surface area contributed by atoms with E-state index < -0.39 is 22.1 Å². The third kappa shape index (κ3) is 3.85. The van der Waals surface area contributed by atoms with Crippen LogP contribution in [0.25, 0.3) is 0 Å². The first-order chi connectivity index (χ1) is 11.9. The number of carbonyl (C=O) groups excluding carboxylic acids is 1. The van der Waals surface area contributed by atoms with Crippen LogP contribution in [0.15, 0.2) is 53.7 Å². The van der Waals surface area contributed by atoms with Crippen molar-refractivity contribution in [2.24, 2.45) is 5.16 Å². The van der Waals surface area contributed by atoms with Crippen LogP contribution in [-0.4, -0.2) is 32.8 Å². The van der Waals surface area contributed by atoms with E-state index in [1.165, 1.54) is 24.3 Å². The van der Waals surface area contributed by atoms with Gasteiger partial charge < -0.3 is 9.02 Å². The predicted molar refractivity (Wildman–Crippen MR) is 88.5 cm³/mol. The molecule has 1 heterocycles. The number of rotatable bonds is 5. The molecule has 2 aromatic carbocycles. The van der Waals surface area contributed by atoms with E-state index in [0.717, 1.165) is 6.26 Å². The average Bonchev–Trinajstić information content (AvgIpc) is 2.99. The van der Waals surface area contributed by atoms with Gasteiger partial charge >= 0.3 is 10.1 Å². The summed E-state index contributed by atoms with van der Waals surface area (Å²) >= 11 is 0. The van der Waals surface area contributed by atoms with Crippen molar-refractivity contribution >= 4 is 22.1 Å². The largest absolute Gasteiger partial charge is 0.383 e. The van der Waals surface area contributed by atoms with Crippen LogP contribution in [0.2, 0.25) is 0 Å². The molecule has 0 saturated heterocycles. The van der Waals surface area contributed by atoms with Crippen molar-refractivity contribution in [3.8, 4) is 5.75 Å². The summed E-state index contributed by atoms with van der Waals surface area (Å²) in [5.41, 5.74) is 1.82. The minimum absolute atomic E-state index is 0.160. The van der Waals surface area contributed by atoms with Crippen LogP contribution in [0, 0.1) is 5.82 Å². The second-order valence-electron chi connectivity index (χ2n) is 5.52. The van der Waals surface area contributed by atoms with Gasteiger partial charge in [0.25, 0.3) is 0 Å². The van der Waals surface area contributed by atoms with Gasteiger partial charge in [-0.2, -0.15) is 8.42 Å². The van der Waals surface area contributed by atoms with E-state index in [0.29, 0.717) is 23.1 Å². The zero-order valence-electron chi connectivity index (χ0n) is 13.1. The van der Waals surface area contributed by atoms with Gasteiger partial charge in [-0.25, -0.2) is 4.39 Å². The summed E-state index contributed by atoms with van der Waals surface area (Å²) < 4.78 is 40.3. The minimum Gasteiger partial charge on any atom is -0.383 e. The summed E-state index contributed by atoms with van der Waals surface area (Å²) in [4.78, 5) is 16.5. The molecule has 0 aliphatic carbocycles. The summed E-state index contributed by atoms with van der Waals surface area (Å²) in [5, 5.41) is 3.96. The molecule has 0 aromatic heterocycles. The standard InChI is InChI=1S/C17H14FNO5S/c1-25(21,22)24-14-8-4-11(5-9-14)16-15(10-20)23-19-17(16)12-2-6-13(18)7-3-12/h2-10,15-16H,1H3/t15-,16-/m1/s1. The van der Waals surface area contributed by atoms with Crippen LogP contribution in [-0.2, 0) is 19.8 Å². The van der Waals surface area contributed by atoms with E-state index in [4.69, 9.17) is 9.02 Å². The Bertz CT molecular complexity index is 907. The Balaban J connectivity index is 1.93. The van der Waals surface area contributed by atoms with Crippen LogP contribution in [0.1, 0.15) is 17.0 Å². The van der Waals surface area contributed by atoms with Crippen LogP contribution < -0.4 is 4.18 Å². The zero-order valence-corrected chi connectivity index (χ0v) is 13.9. The fourth-order valence-electron chi connectivity index (χ4n) is 2.60. The summed E-state index contributed by atoms with van der Waals surface area (Å²) in [6.07, 6.45) is 0.778. The van der Waals surface area contributed by atoms with Crippen molar-refractivity contribution in [3.63, 3.8) is 0 Å². The van der Waals surface area contributed by atoms with Crippen LogP contribution in [0.3, 0.4) is 0 Å². The first kappa shape index (κ1) is 17.1. The highest BCUT2D eigenvalue weighted by Gasteiger charge is 2.36. The van der Waals surface area contributed by atoms with Gasteiger partial charge in [-0.1, -0.05) is 29.4 Å². The van der Waals surface area contributed by atoms with E-state index in [-0.39, 0.29) is 11.6 Å². The van der Waals surface area contributed by atoms with E-state index >= 15 is 0 Å². The molecule has 0 unspecified atom stereocenters. The maximum absolute atomic E-state index is 13.1. The molecule has 0 radical (unpaired) electrons. The Morgan fingerprint density at radius 3 is 2.32 bits per heavy atom. The molecule has 8 heteroatoms. The average molecular weight is 363 g/mol. The molecule has 0 amide bonds. The van der Waals surface area contributed by atoms with Crippen LogP contribution in [0.4, 0.5) is 4.39 Å². The summed E-state index contributed by atoms with van der Waals surface area (Å²) in [6, 6.07) is 11.9. The van der Waals surface area contributed by atoms with Gasteiger partial charge in [-0.05, 0) is 29.8 Å². The minimum atomic E-state index is -3.62. The van der Waals surface area contributed by atoms with Gasteiger partial charge in [0, 0.05) is 5.56 Å². The number of hydrogen-bond donors (Lipinski definition) is 0. The van der Waals surface area contributed by atoms with Gasteiger partial charge in [0.1, 0.15) is 11.6 Å². The molecule has 0 fully saturated rings. The molecule has 1 aliphatic heterocycles. The molecule has 3 rings (SSSR count). The SMILES string of the molecule is CS(=O)(=O)Oc1ccc([C@H]2C(c3ccc(F)cc3)=NO[C@@H]2C=O)cc1. The second kappa shape index (κ2) is 6.64. The lowest BCUT2D eigenvalue weighted by Gasteiger charge is -2.15. The summed E-state index contributed by atoms with van der Waals surface area (Å²) in [6.45, 7) is 0. The lowest BCUT2D eigenvalue weighted by atomic mass is 9.86. The highest BCUT2D eigenvalue weighted by Crippen LogP contribution is 2.32. The first-order valence-corrected chi connectivity index (χ1v) is 9.13. The molecule has 2 atom stereocenters. The Kier molecular flexibility index (Phi) is 4.54. The first-order valence-electron chi connectivity index (χ1n) is 7.32. The molecule has 0 saturated carbocycles. The number of carbonyl (C=O) groups is 1. The number of benzene rings is 2. The Hall–Kier alpha value is -2.74. The molecule has 0 bridgehead atoms. The van der Waals surface area contributed by atoms with Crippen molar-refractivity contribution < 1.29 is 26.6 Å². The third-order valence-electron chi connectivity index (χ3n) is 3.66. The molecule has 1 aliphatic rings. The van der Waals surface area contributed by atoms with Crippen LogP contribution in [0.5, 0.6) is 5.75 Å². The topological polar surface area (TPSA) is 82.0 Å². The lowest BCUT2D eigenvalue weighted by Crippen LogP contribution is -2.23. The smallest absolute Gasteiger partial charge is 0.306 e. The van der Waals surface area contributed by atoms with Crippen molar-refractivity contribution in [1.82, 2.24) is 0 Å². The summed E-state index contributed by atoms with van der Waals surface area (Å²) in [7, 11) is -3.62. The highest BCUT2D eigenvalue weighted by atomic mass is 32.2. The van der Waals surface area contributed by atoms with Gasteiger partial charge in [0.2, 0.25) is 0 Å². The number of nitrogens with zero attached hydrogens (tertiary/aromatic N) is 1. The number of hydrogen-bond acceptors (Lipinski definition) is 6. The molecular weight excluding hydrogens is 349 g/mol. The van der Waals surface area contributed by atoms with Crippen molar-refractivity contribution in [1.29, 1.82) is 0 Å². The number of aldehydes is 1. The molecule has 0 spiro atoms. The Labute approximate surface area is 144 Å². The monoisotopic (exact) mass is 363 g/mol. The van der Waals surface area contributed by atoms with E-state index in [2.05, 4.69) is 5.16 Å². The Morgan fingerprint density at radius 1 is 1.12 bits per heavy atom. The molecule has 130 valence electrons. The van der Waals surface area contributed by atoms with Gasteiger partial charge in [0.05, 0.1) is 17.9 Å². The maximum atomic E-state index is 13.1. The number of oxime groups is 1. The van der Waals surface area contributed by atoms with Crippen LogP contribution >= 0.6 is 0 Å². The van der Waals surface area contributed by atoms with Gasteiger partial charge in [-0.3, -0.25) is 4.79 Å². The van der Waals surface area contributed by atoms with E-state index in [1.807, 2.05) is 0 Å². The second-order valence-corrected chi connectivity index (χ2v) is 7.10. The number of halogens is 1. The highest BCUT2D eigenvalue weighted by molar-refractivity contribution is 7.86. The molecule has 6 nitrogen and oxygen atoms in total. The predicted octanol–water partition coefficient (Wildman–Crippen LogP) is 2.25. The van der Waals surface area contributed by atoms with E-state index in [9.17, 15) is 17.6 Å². The molecular formula is C17H14FNO5S. The normalized spacial score (nSPS) is 19.8. The van der Waals surface area contributed by atoms with Crippen molar-refractivity contribution in [2.45, 2.75) is 12.0 Å². The maximum Gasteiger partial charge on any atom is 0.306 e. The van der Waals surface area contributed by atoms with E-state index in [1.54, 1.807) is 24.3 Å². The quantitative estimate of drug-likeness (QED) is 0.601. The van der Waals surface area contributed by atoms with Gasteiger partial charge in [0.15, 0.2) is 12.4 Å². The molecule has 25 heavy (non-hydrogen) atoms. The molecule has 0 N–H and O–H groups in total. The third-order valence-corrected chi connectivity index (χ3v) is 4.15. The van der Waals surface area contributed by atoms with Gasteiger partial charge in [-0.15, -0.1) is 0 Å². The van der Waals surface area contributed by atoms with Crippen molar-refractivity contribution in [2.75, 3.05) is 6.26 Å².